The molecule has 0 spiro atoms. The topological polar surface area (TPSA) is 52.1 Å². The molecule has 0 aliphatic carbocycles. The van der Waals surface area contributed by atoms with Gasteiger partial charge < -0.3 is 4.74 Å². The van der Waals surface area contributed by atoms with E-state index in [9.17, 15) is 4.79 Å². The van der Waals surface area contributed by atoms with Gasteiger partial charge in [-0.2, -0.15) is 0 Å². The van der Waals surface area contributed by atoms with Gasteiger partial charge in [0.2, 0.25) is 0 Å². The number of aryl methyl sites for hydroxylation is 2. The fourth-order valence-electron chi connectivity index (χ4n) is 2.10. The Morgan fingerprint density at radius 1 is 1.22 bits per heavy atom. The molecule has 3 rings (SSSR count). The zero-order valence-electron chi connectivity index (χ0n) is 12.9. The third-order valence-corrected chi connectivity index (χ3v) is 4.44. The molecule has 0 saturated carbocycles. The van der Waals surface area contributed by atoms with Crippen molar-refractivity contribution in [1.29, 1.82) is 0 Å². The number of ether oxygens (including phenoxy) is 1. The van der Waals surface area contributed by atoms with Gasteiger partial charge >= 0.3 is 5.97 Å². The lowest BCUT2D eigenvalue weighted by Crippen LogP contribution is -2.11. The highest BCUT2D eigenvalue weighted by atomic mass is 32.1. The summed E-state index contributed by atoms with van der Waals surface area (Å²) in [4.78, 5) is 20.6. The monoisotopic (exact) mass is 324 g/mol. The molecule has 1 aromatic carbocycles. The molecule has 0 fully saturated rings. The van der Waals surface area contributed by atoms with Gasteiger partial charge in [-0.3, -0.25) is 9.78 Å². The average Bonchev–Trinajstić information content (AvgIpc) is 3.00. The van der Waals surface area contributed by atoms with Gasteiger partial charge in [0.25, 0.3) is 0 Å². The Morgan fingerprint density at radius 3 is 2.83 bits per heavy atom. The van der Waals surface area contributed by atoms with Crippen LogP contribution >= 0.6 is 11.3 Å². The molecule has 0 saturated heterocycles. The minimum absolute atomic E-state index is 0.156. The number of nitrogens with zero attached hydrogens (tertiary/aromatic N) is 2. The van der Waals surface area contributed by atoms with Crippen LogP contribution < -0.4 is 4.74 Å². The van der Waals surface area contributed by atoms with E-state index in [-0.39, 0.29) is 12.4 Å². The van der Waals surface area contributed by atoms with Crippen molar-refractivity contribution >= 4 is 17.3 Å². The Labute approximate surface area is 138 Å². The minimum Gasteiger partial charge on any atom is -0.426 e. The third kappa shape index (κ3) is 3.81. The second-order valence-corrected chi connectivity index (χ2v) is 6.14. The Hall–Kier alpha value is -2.53. The Balaban J connectivity index is 1.66. The highest BCUT2D eigenvalue weighted by Crippen LogP contribution is 2.23. The van der Waals surface area contributed by atoms with E-state index in [4.69, 9.17) is 4.74 Å². The number of hydrogen-bond acceptors (Lipinski definition) is 5. The SMILES string of the molecule is Cc1ccc(OC(=O)Cc2csc(-c3cccnc3)n2)cc1C. The van der Waals surface area contributed by atoms with Crippen LogP contribution in [0.15, 0.2) is 48.1 Å². The van der Waals surface area contributed by atoms with Gasteiger partial charge in [-0.15, -0.1) is 11.3 Å². The Bertz CT molecular complexity index is 828. The van der Waals surface area contributed by atoms with Crippen LogP contribution in [0, 0.1) is 13.8 Å². The maximum Gasteiger partial charge on any atom is 0.317 e. The maximum atomic E-state index is 12.1. The van der Waals surface area contributed by atoms with E-state index in [1.807, 2.05) is 49.6 Å². The van der Waals surface area contributed by atoms with E-state index in [0.717, 1.165) is 16.1 Å². The van der Waals surface area contributed by atoms with Crippen LogP contribution in [0.1, 0.15) is 16.8 Å². The van der Waals surface area contributed by atoms with Crippen LogP contribution in [0.25, 0.3) is 10.6 Å². The van der Waals surface area contributed by atoms with Gasteiger partial charge in [-0.25, -0.2) is 4.98 Å². The number of rotatable bonds is 4. The van der Waals surface area contributed by atoms with Crippen molar-refractivity contribution in [2.75, 3.05) is 0 Å². The summed E-state index contributed by atoms with van der Waals surface area (Å²) in [6.45, 7) is 4.02. The largest absolute Gasteiger partial charge is 0.426 e. The number of aromatic nitrogens is 2. The lowest BCUT2D eigenvalue weighted by atomic mass is 10.1. The molecule has 2 aromatic heterocycles. The average molecular weight is 324 g/mol. The van der Waals surface area contributed by atoms with Crippen molar-refractivity contribution < 1.29 is 9.53 Å². The number of pyridine rings is 1. The van der Waals surface area contributed by atoms with Gasteiger partial charge in [-0.1, -0.05) is 6.07 Å². The summed E-state index contributed by atoms with van der Waals surface area (Å²) in [5, 5.41) is 2.73. The van der Waals surface area contributed by atoms with Gasteiger partial charge in [0, 0.05) is 23.3 Å². The molecule has 0 aliphatic rings. The second kappa shape index (κ2) is 6.71. The van der Waals surface area contributed by atoms with Crippen LogP contribution in [-0.4, -0.2) is 15.9 Å². The van der Waals surface area contributed by atoms with Gasteiger partial charge in [-0.05, 0) is 49.2 Å². The van der Waals surface area contributed by atoms with E-state index in [1.54, 1.807) is 12.4 Å². The molecule has 2 heterocycles. The minimum atomic E-state index is -0.309. The van der Waals surface area contributed by atoms with Gasteiger partial charge in [0.15, 0.2) is 0 Å². The number of carbonyl (C=O) groups is 1. The third-order valence-electron chi connectivity index (χ3n) is 3.50. The number of carbonyl (C=O) groups excluding carboxylic acids is 1. The van der Waals surface area contributed by atoms with E-state index < -0.39 is 0 Å². The Kier molecular flexibility index (Phi) is 4.48. The fourth-order valence-corrected chi connectivity index (χ4v) is 2.91. The summed E-state index contributed by atoms with van der Waals surface area (Å²) in [6, 6.07) is 9.44. The molecule has 5 heteroatoms. The smallest absolute Gasteiger partial charge is 0.317 e. The lowest BCUT2D eigenvalue weighted by molar-refractivity contribution is -0.133. The standard InChI is InChI=1S/C18H16N2O2S/c1-12-5-6-16(8-13(12)2)22-17(21)9-15-11-23-18(20-15)14-4-3-7-19-10-14/h3-8,10-11H,9H2,1-2H3. The molecule has 0 N–H and O–H groups in total. The van der Waals surface area contributed by atoms with Crippen LogP contribution in [0.4, 0.5) is 0 Å². The summed E-state index contributed by atoms with van der Waals surface area (Å²) in [5.74, 6) is 0.261. The van der Waals surface area contributed by atoms with Crippen molar-refractivity contribution in [2.45, 2.75) is 20.3 Å². The normalized spacial score (nSPS) is 10.5. The predicted molar refractivity (Wildman–Crippen MR) is 90.6 cm³/mol. The van der Waals surface area contributed by atoms with E-state index in [0.29, 0.717) is 11.4 Å². The number of hydrogen-bond donors (Lipinski definition) is 0. The summed E-state index contributed by atoms with van der Waals surface area (Å²) in [6.07, 6.45) is 3.64. The summed E-state index contributed by atoms with van der Waals surface area (Å²) < 4.78 is 5.38. The van der Waals surface area contributed by atoms with Crippen molar-refractivity contribution in [3.63, 3.8) is 0 Å². The molecule has 23 heavy (non-hydrogen) atoms. The first-order chi connectivity index (χ1) is 11.1. The molecular formula is C18H16N2O2S. The quantitative estimate of drug-likeness (QED) is 0.538. The fraction of sp³-hybridized carbons (Fsp3) is 0.167. The van der Waals surface area contributed by atoms with Crippen molar-refractivity contribution in [3.8, 4) is 16.3 Å². The number of thiazole rings is 1. The van der Waals surface area contributed by atoms with Crippen molar-refractivity contribution in [1.82, 2.24) is 9.97 Å². The van der Waals surface area contributed by atoms with E-state index in [2.05, 4.69) is 9.97 Å². The highest BCUT2D eigenvalue weighted by Gasteiger charge is 2.11. The molecule has 0 radical (unpaired) electrons. The molecular weight excluding hydrogens is 308 g/mol. The first-order valence-corrected chi connectivity index (χ1v) is 8.12. The molecule has 3 aromatic rings. The second-order valence-electron chi connectivity index (χ2n) is 5.28. The molecule has 116 valence electrons. The van der Waals surface area contributed by atoms with Crippen molar-refractivity contribution in [2.24, 2.45) is 0 Å². The maximum absolute atomic E-state index is 12.1. The zero-order valence-corrected chi connectivity index (χ0v) is 13.8. The van der Waals surface area contributed by atoms with Crippen molar-refractivity contribution in [3.05, 3.63) is 64.9 Å². The summed E-state index contributed by atoms with van der Waals surface area (Å²) in [7, 11) is 0. The number of benzene rings is 1. The number of esters is 1. The highest BCUT2D eigenvalue weighted by molar-refractivity contribution is 7.13. The van der Waals surface area contributed by atoms with Crippen LogP contribution in [0.5, 0.6) is 5.75 Å². The van der Waals surface area contributed by atoms with Crippen LogP contribution in [0.3, 0.4) is 0 Å². The first-order valence-electron chi connectivity index (χ1n) is 7.24. The zero-order chi connectivity index (χ0) is 16.2. The van der Waals surface area contributed by atoms with E-state index >= 15 is 0 Å². The summed E-state index contributed by atoms with van der Waals surface area (Å²) >= 11 is 1.50. The molecule has 0 atom stereocenters. The lowest BCUT2D eigenvalue weighted by Gasteiger charge is -2.05. The molecule has 0 bridgehead atoms. The van der Waals surface area contributed by atoms with E-state index in [1.165, 1.54) is 16.9 Å². The predicted octanol–water partition coefficient (Wildman–Crippen LogP) is 3.97. The molecule has 0 aliphatic heterocycles. The molecule has 0 amide bonds. The first kappa shape index (κ1) is 15.4. The molecule has 0 unspecified atom stereocenters. The van der Waals surface area contributed by atoms with Crippen LogP contribution in [0.2, 0.25) is 0 Å². The Morgan fingerprint density at radius 2 is 2.09 bits per heavy atom. The summed E-state index contributed by atoms with van der Waals surface area (Å²) in [5.41, 5.74) is 3.93. The van der Waals surface area contributed by atoms with Gasteiger partial charge in [0.05, 0.1) is 12.1 Å². The van der Waals surface area contributed by atoms with Gasteiger partial charge in [0.1, 0.15) is 10.8 Å². The molecule has 4 nitrogen and oxygen atoms in total. The van der Waals surface area contributed by atoms with Crippen LogP contribution in [-0.2, 0) is 11.2 Å².